The van der Waals surface area contributed by atoms with Gasteiger partial charge in [-0.05, 0) is 44.9 Å². The molecule has 3 atom stereocenters. The molecular weight excluding hydrogens is 695 g/mol. The van der Waals surface area contributed by atoms with Gasteiger partial charge in [0.05, 0.1) is 25.2 Å². The van der Waals surface area contributed by atoms with E-state index in [4.69, 9.17) is 4.74 Å². The van der Waals surface area contributed by atoms with Gasteiger partial charge < -0.3 is 20.3 Å². The minimum Gasteiger partial charge on any atom is -0.462 e. The minimum atomic E-state index is -0.784. The van der Waals surface area contributed by atoms with Crippen molar-refractivity contribution in [1.82, 2.24) is 5.32 Å². The van der Waals surface area contributed by atoms with E-state index in [1.54, 1.807) is 0 Å². The quantitative estimate of drug-likeness (QED) is 0.0324. The number of hydrogen-bond donors (Lipinski definition) is 3. The van der Waals surface area contributed by atoms with Crippen LogP contribution < -0.4 is 5.32 Å². The summed E-state index contributed by atoms with van der Waals surface area (Å²) in [6.45, 7) is 6.45. The highest BCUT2D eigenvalue weighted by Gasteiger charge is 2.24. The standard InChI is InChI=1S/C50H97NO5/c1-4-7-10-13-16-19-21-23-25-27-30-33-36-39-42-48(53)47(45-52)51-49(54)44-46(41-38-35-32-29-18-15-12-9-6-3)56-50(55)43-40-37-34-31-28-26-24-22-20-17-14-11-8-5-2/h15,18,46-48,52-53H,4-14,16-17,19-45H2,1-3H3,(H,51,54)/b18-15-. The molecule has 0 aliphatic heterocycles. The van der Waals surface area contributed by atoms with Gasteiger partial charge in [-0.1, -0.05) is 226 Å². The Bertz CT molecular complexity index is 847. The monoisotopic (exact) mass is 792 g/mol. The number of ether oxygens (including phenoxy) is 1. The number of rotatable bonds is 45. The summed E-state index contributed by atoms with van der Waals surface area (Å²) in [6.07, 6.45) is 48.5. The van der Waals surface area contributed by atoms with Gasteiger partial charge in [-0.15, -0.1) is 0 Å². The van der Waals surface area contributed by atoms with Crippen molar-refractivity contribution in [3.05, 3.63) is 12.2 Å². The normalized spacial score (nSPS) is 13.3. The van der Waals surface area contributed by atoms with Gasteiger partial charge in [-0.2, -0.15) is 0 Å². The predicted octanol–water partition coefficient (Wildman–Crippen LogP) is 14.6. The molecule has 0 aliphatic rings. The molecule has 56 heavy (non-hydrogen) atoms. The molecule has 3 unspecified atom stereocenters. The van der Waals surface area contributed by atoms with Crippen LogP contribution in [0.1, 0.15) is 271 Å². The van der Waals surface area contributed by atoms with E-state index in [1.165, 1.54) is 161 Å². The Morgan fingerprint density at radius 3 is 1.32 bits per heavy atom. The average Bonchev–Trinajstić information content (AvgIpc) is 3.19. The summed E-state index contributed by atoms with van der Waals surface area (Å²) in [5, 5.41) is 23.7. The number of esters is 1. The molecule has 0 fully saturated rings. The van der Waals surface area contributed by atoms with Gasteiger partial charge >= 0.3 is 5.97 Å². The van der Waals surface area contributed by atoms with Crippen LogP contribution in [0.4, 0.5) is 0 Å². The molecule has 0 rings (SSSR count). The Labute approximate surface area is 349 Å². The molecule has 0 saturated carbocycles. The minimum absolute atomic E-state index is 0.0729. The SMILES string of the molecule is CCCC/C=C\CCCCCC(CC(=O)NC(CO)C(O)CCCCCCCCCCCCCCCC)OC(=O)CCCCCCCCCCCCCCCC. The summed E-state index contributed by atoms with van der Waals surface area (Å²) in [6, 6.07) is -0.698. The van der Waals surface area contributed by atoms with E-state index < -0.39 is 18.2 Å². The van der Waals surface area contributed by atoms with Crippen LogP contribution in [-0.4, -0.2) is 46.9 Å². The number of allylic oxidation sites excluding steroid dienone is 2. The van der Waals surface area contributed by atoms with Gasteiger partial charge in [0.2, 0.25) is 5.91 Å². The Morgan fingerprint density at radius 2 is 0.875 bits per heavy atom. The highest BCUT2D eigenvalue weighted by molar-refractivity contribution is 5.77. The van der Waals surface area contributed by atoms with Crippen molar-refractivity contribution >= 4 is 11.9 Å². The van der Waals surface area contributed by atoms with Crippen LogP contribution in [0.15, 0.2) is 12.2 Å². The van der Waals surface area contributed by atoms with Gasteiger partial charge in [0.15, 0.2) is 0 Å². The van der Waals surface area contributed by atoms with Crippen LogP contribution in [0.3, 0.4) is 0 Å². The first-order chi connectivity index (χ1) is 27.5. The third kappa shape index (κ3) is 39.4. The molecule has 0 aromatic rings. The lowest BCUT2D eigenvalue weighted by atomic mass is 10.0. The summed E-state index contributed by atoms with van der Waals surface area (Å²) < 4.78 is 5.90. The topological polar surface area (TPSA) is 95.9 Å². The number of carbonyl (C=O) groups excluding carboxylic acids is 2. The van der Waals surface area contributed by atoms with Crippen molar-refractivity contribution in [1.29, 1.82) is 0 Å². The molecule has 1 amide bonds. The average molecular weight is 792 g/mol. The molecule has 0 aromatic carbocycles. The maximum atomic E-state index is 13.1. The lowest BCUT2D eigenvalue weighted by molar-refractivity contribution is -0.151. The fourth-order valence-electron chi connectivity index (χ4n) is 7.77. The molecule has 0 aromatic heterocycles. The highest BCUT2D eigenvalue weighted by Crippen LogP contribution is 2.18. The van der Waals surface area contributed by atoms with E-state index in [2.05, 4.69) is 38.2 Å². The van der Waals surface area contributed by atoms with Gasteiger partial charge in [-0.25, -0.2) is 0 Å². The first-order valence-corrected chi connectivity index (χ1v) is 24.9. The molecular formula is C50H97NO5. The number of unbranched alkanes of at least 4 members (excludes halogenated alkanes) is 31. The van der Waals surface area contributed by atoms with Gasteiger partial charge in [-0.3, -0.25) is 9.59 Å². The predicted molar refractivity (Wildman–Crippen MR) is 241 cm³/mol. The van der Waals surface area contributed by atoms with Crippen LogP contribution in [0.25, 0.3) is 0 Å². The van der Waals surface area contributed by atoms with E-state index in [0.29, 0.717) is 19.3 Å². The molecule has 0 heterocycles. The number of amides is 1. The van der Waals surface area contributed by atoms with E-state index in [1.807, 2.05) is 0 Å². The lowest BCUT2D eigenvalue weighted by Gasteiger charge is -2.24. The van der Waals surface area contributed by atoms with E-state index in [9.17, 15) is 19.8 Å². The molecule has 332 valence electrons. The molecule has 0 aliphatic carbocycles. The summed E-state index contributed by atoms with van der Waals surface area (Å²) >= 11 is 0. The highest BCUT2D eigenvalue weighted by atomic mass is 16.5. The second kappa shape index (κ2) is 44.7. The fourth-order valence-corrected chi connectivity index (χ4v) is 7.77. The van der Waals surface area contributed by atoms with Crippen LogP contribution in [0.2, 0.25) is 0 Å². The zero-order chi connectivity index (χ0) is 41.0. The van der Waals surface area contributed by atoms with E-state index in [0.717, 1.165) is 64.2 Å². The lowest BCUT2D eigenvalue weighted by Crippen LogP contribution is -2.46. The largest absolute Gasteiger partial charge is 0.462 e. The third-order valence-corrected chi connectivity index (χ3v) is 11.6. The second-order valence-corrected chi connectivity index (χ2v) is 17.2. The Balaban J connectivity index is 4.44. The maximum absolute atomic E-state index is 13.1. The molecule has 0 saturated heterocycles. The van der Waals surface area contributed by atoms with Crippen LogP contribution in [-0.2, 0) is 14.3 Å². The zero-order valence-electron chi connectivity index (χ0n) is 37.8. The summed E-state index contributed by atoms with van der Waals surface area (Å²) in [7, 11) is 0. The molecule has 0 bridgehead atoms. The Kier molecular flexibility index (Phi) is 43.6. The Morgan fingerprint density at radius 1 is 0.500 bits per heavy atom. The van der Waals surface area contributed by atoms with Crippen molar-refractivity contribution in [3.63, 3.8) is 0 Å². The van der Waals surface area contributed by atoms with E-state index >= 15 is 0 Å². The number of nitrogens with one attached hydrogen (secondary N) is 1. The first-order valence-electron chi connectivity index (χ1n) is 24.9. The molecule has 0 radical (unpaired) electrons. The van der Waals surface area contributed by atoms with Crippen molar-refractivity contribution in [2.24, 2.45) is 0 Å². The van der Waals surface area contributed by atoms with Gasteiger partial charge in [0, 0.05) is 6.42 Å². The summed E-state index contributed by atoms with van der Waals surface area (Å²) in [5.41, 5.74) is 0. The molecule has 6 nitrogen and oxygen atoms in total. The van der Waals surface area contributed by atoms with Crippen LogP contribution in [0.5, 0.6) is 0 Å². The summed E-state index contributed by atoms with van der Waals surface area (Å²) in [5.74, 6) is -0.477. The maximum Gasteiger partial charge on any atom is 0.306 e. The van der Waals surface area contributed by atoms with Crippen LogP contribution >= 0.6 is 0 Å². The molecule has 6 heteroatoms. The number of aliphatic hydroxyl groups excluding tert-OH is 2. The molecule has 3 N–H and O–H groups in total. The van der Waals surface area contributed by atoms with Gasteiger partial charge in [0.1, 0.15) is 6.10 Å². The Hall–Kier alpha value is -1.40. The number of carbonyl (C=O) groups is 2. The number of hydrogen-bond acceptors (Lipinski definition) is 5. The van der Waals surface area contributed by atoms with Crippen molar-refractivity contribution < 1.29 is 24.5 Å². The summed E-state index contributed by atoms with van der Waals surface area (Å²) in [4.78, 5) is 26.0. The van der Waals surface area contributed by atoms with Crippen molar-refractivity contribution in [2.45, 2.75) is 289 Å². The van der Waals surface area contributed by atoms with E-state index in [-0.39, 0.29) is 24.9 Å². The van der Waals surface area contributed by atoms with Crippen LogP contribution in [0, 0.1) is 0 Å². The molecule has 0 spiro atoms. The smallest absolute Gasteiger partial charge is 0.306 e. The van der Waals surface area contributed by atoms with Gasteiger partial charge in [0.25, 0.3) is 0 Å². The third-order valence-electron chi connectivity index (χ3n) is 11.6. The zero-order valence-corrected chi connectivity index (χ0v) is 37.8. The fraction of sp³-hybridized carbons (Fsp3) is 0.920. The second-order valence-electron chi connectivity index (χ2n) is 17.2. The first kappa shape index (κ1) is 54.6. The van der Waals surface area contributed by atoms with Crippen molar-refractivity contribution in [3.8, 4) is 0 Å². The van der Waals surface area contributed by atoms with Crippen molar-refractivity contribution in [2.75, 3.05) is 6.61 Å². The number of aliphatic hydroxyl groups is 2.